The van der Waals surface area contributed by atoms with E-state index in [1.54, 1.807) is 0 Å². The molecule has 0 amide bonds. The number of rotatable bonds is 2. The largest absolute Gasteiger partial charge is 0.337 e. The second-order valence-corrected chi connectivity index (χ2v) is 6.10. The molecule has 0 saturated carbocycles. The highest BCUT2D eigenvalue weighted by atomic mass is 32.1. The highest BCUT2D eigenvalue weighted by Gasteiger charge is 2.14. The third-order valence-corrected chi connectivity index (χ3v) is 4.59. The van der Waals surface area contributed by atoms with Crippen molar-refractivity contribution in [1.29, 1.82) is 0 Å². The first-order valence-corrected chi connectivity index (χ1v) is 7.92. The van der Waals surface area contributed by atoms with Gasteiger partial charge in [-0.2, -0.15) is 0 Å². The maximum Gasteiger partial charge on any atom is 0.174 e. The zero-order valence-corrected chi connectivity index (χ0v) is 13.0. The summed E-state index contributed by atoms with van der Waals surface area (Å²) in [5.41, 5.74) is 8.29. The van der Waals surface area contributed by atoms with Crippen molar-refractivity contribution in [1.82, 2.24) is 14.4 Å². The normalized spacial score (nSPS) is 11.7. The Bertz CT molecular complexity index is 1180. The molecule has 0 saturated heterocycles. The fraction of sp³-hybridized carbons (Fsp3) is 0. The Kier molecular flexibility index (Phi) is 2.52. The number of aromatic nitrogens is 3. The molecule has 0 atom stereocenters. The molecule has 0 aliphatic rings. The molecular formula is C19H13N3S. The van der Waals surface area contributed by atoms with Gasteiger partial charge >= 0.3 is 0 Å². The molecular weight excluding hydrogens is 302 g/mol. The van der Waals surface area contributed by atoms with Crippen LogP contribution in [0.15, 0.2) is 66.9 Å². The van der Waals surface area contributed by atoms with Gasteiger partial charge in [-0.15, -0.1) is 0 Å². The molecule has 5 rings (SSSR count). The van der Waals surface area contributed by atoms with Crippen molar-refractivity contribution in [2.24, 2.45) is 0 Å². The van der Waals surface area contributed by atoms with Crippen LogP contribution in [-0.4, -0.2) is 14.4 Å². The van der Waals surface area contributed by atoms with Crippen LogP contribution in [0.25, 0.3) is 38.9 Å². The van der Waals surface area contributed by atoms with Gasteiger partial charge in [-0.3, -0.25) is 0 Å². The smallest absolute Gasteiger partial charge is 0.174 e. The van der Waals surface area contributed by atoms with Crippen molar-refractivity contribution in [2.75, 3.05) is 0 Å². The van der Waals surface area contributed by atoms with Gasteiger partial charge in [-0.25, -0.2) is 0 Å². The van der Waals surface area contributed by atoms with E-state index in [0.717, 1.165) is 11.3 Å². The number of pyridine rings is 1. The first-order chi connectivity index (χ1) is 11.3. The molecule has 110 valence electrons. The van der Waals surface area contributed by atoms with Crippen LogP contribution in [0.2, 0.25) is 0 Å². The zero-order chi connectivity index (χ0) is 15.4. The molecule has 0 radical (unpaired) electrons. The van der Waals surface area contributed by atoms with Crippen molar-refractivity contribution in [3.05, 3.63) is 71.6 Å². The summed E-state index contributed by atoms with van der Waals surface area (Å²) in [5.74, 6) is 0. The minimum atomic E-state index is 0.645. The van der Waals surface area contributed by atoms with Crippen LogP contribution in [0.4, 0.5) is 0 Å². The van der Waals surface area contributed by atoms with Gasteiger partial charge in [0.25, 0.3) is 0 Å². The Hall–Kier alpha value is -2.85. The Morgan fingerprint density at radius 1 is 0.826 bits per heavy atom. The van der Waals surface area contributed by atoms with Crippen LogP contribution in [0.5, 0.6) is 0 Å². The Morgan fingerprint density at radius 3 is 2.35 bits per heavy atom. The predicted octanol–water partition coefficient (Wildman–Crippen LogP) is 5.25. The van der Waals surface area contributed by atoms with E-state index in [1.165, 1.54) is 27.7 Å². The van der Waals surface area contributed by atoms with Crippen molar-refractivity contribution in [2.45, 2.75) is 0 Å². The molecule has 0 fully saturated rings. The predicted molar refractivity (Wildman–Crippen MR) is 96.5 cm³/mol. The van der Waals surface area contributed by atoms with Crippen LogP contribution < -0.4 is 0 Å². The maximum atomic E-state index is 5.15. The maximum absolute atomic E-state index is 5.15. The van der Waals surface area contributed by atoms with Crippen LogP contribution >= 0.6 is 12.2 Å². The van der Waals surface area contributed by atoms with E-state index in [-0.39, 0.29) is 0 Å². The Labute approximate surface area is 137 Å². The fourth-order valence-electron chi connectivity index (χ4n) is 3.35. The summed E-state index contributed by atoms with van der Waals surface area (Å²) in [6.07, 6.45) is 1.92. The lowest BCUT2D eigenvalue weighted by atomic mass is 10.1. The van der Waals surface area contributed by atoms with Crippen LogP contribution in [-0.2, 0) is 0 Å². The monoisotopic (exact) mass is 315 g/mol. The lowest BCUT2D eigenvalue weighted by molar-refractivity contribution is 1.27. The number of H-pyrrole nitrogens is 2. The first-order valence-electron chi connectivity index (χ1n) is 7.51. The van der Waals surface area contributed by atoms with Gasteiger partial charge in [0.1, 0.15) is 0 Å². The lowest BCUT2D eigenvalue weighted by Crippen LogP contribution is -1.86. The number of aromatic amines is 2. The standard InChI is InChI=1S/C19H13N3S/c23-19-20-11-16(21-19)14-7-6-13-10-15(12-4-2-1-3-5-12)18-9-8-17(14)22(13)18/h1-11H,(H2,20,21,23). The number of nitrogens with one attached hydrogen (secondary N) is 2. The molecule has 1 aromatic carbocycles. The van der Waals surface area contributed by atoms with Gasteiger partial charge in [-0.05, 0) is 48.1 Å². The molecule has 0 spiro atoms. The molecule has 0 bridgehead atoms. The minimum Gasteiger partial charge on any atom is -0.337 e. The van der Waals surface area contributed by atoms with E-state index in [0.29, 0.717) is 4.77 Å². The van der Waals surface area contributed by atoms with Crippen LogP contribution in [0.3, 0.4) is 0 Å². The van der Waals surface area contributed by atoms with Gasteiger partial charge in [0.2, 0.25) is 0 Å². The molecule has 3 nitrogen and oxygen atoms in total. The molecule has 4 aromatic heterocycles. The molecule has 2 N–H and O–H groups in total. The van der Waals surface area contributed by atoms with E-state index >= 15 is 0 Å². The molecule has 0 unspecified atom stereocenters. The van der Waals surface area contributed by atoms with Crippen molar-refractivity contribution in [3.63, 3.8) is 0 Å². The van der Waals surface area contributed by atoms with E-state index in [1.807, 2.05) is 12.3 Å². The van der Waals surface area contributed by atoms with Gasteiger partial charge in [0.15, 0.2) is 4.77 Å². The average Bonchev–Trinajstić information content (AvgIpc) is 3.28. The summed E-state index contributed by atoms with van der Waals surface area (Å²) < 4.78 is 2.95. The Balaban J connectivity index is 1.83. The molecule has 0 aliphatic heterocycles. The number of nitrogens with zero attached hydrogens (tertiary/aromatic N) is 1. The molecule has 23 heavy (non-hydrogen) atoms. The SMILES string of the molecule is S=c1[nH]cc(-c2ccc3cc(-c4ccccc4)c4ccc2n34)[nH]1. The molecule has 0 aliphatic carbocycles. The highest BCUT2D eigenvalue weighted by Crippen LogP contribution is 2.35. The second kappa shape index (κ2) is 4.57. The lowest BCUT2D eigenvalue weighted by Gasteiger charge is -2.03. The summed E-state index contributed by atoms with van der Waals surface area (Å²) in [5, 5.41) is 0. The summed E-state index contributed by atoms with van der Waals surface area (Å²) in [4.78, 5) is 6.25. The van der Waals surface area contributed by atoms with E-state index in [9.17, 15) is 0 Å². The summed E-state index contributed by atoms with van der Waals surface area (Å²) in [7, 11) is 0. The summed E-state index contributed by atoms with van der Waals surface area (Å²) in [6, 6.07) is 21.4. The Morgan fingerprint density at radius 2 is 1.61 bits per heavy atom. The second-order valence-electron chi connectivity index (χ2n) is 5.69. The number of hydrogen-bond acceptors (Lipinski definition) is 1. The third-order valence-electron chi connectivity index (χ3n) is 4.37. The van der Waals surface area contributed by atoms with Gasteiger partial charge in [0.05, 0.1) is 16.7 Å². The third kappa shape index (κ3) is 1.79. The van der Waals surface area contributed by atoms with E-state index < -0.39 is 0 Å². The quantitative estimate of drug-likeness (QED) is 0.429. The van der Waals surface area contributed by atoms with Crippen LogP contribution in [0, 0.1) is 4.77 Å². The number of hydrogen-bond donors (Lipinski definition) is 2. The van der Waals surface area contributed by atoms with Crippen molar-refractivity contribution < 1.29 is 0 Å². The topological polar surface area (TPSA) is 36.0 Å². The van der Waals surface area contributed by atoms with Gasteiger partial charge < -0.3 is 14.4 Å². The molecule has 5 aromatic rings. The fourth-order valence-corrected chi connectivity index (χ4v) is 3.52. The first kappa shape index (κ1) is 12.7. The van der Waals surface area contributed by atoms with Crippen LogP contribution in [0.1, 0.15) is 0 Å². The average molecular weight is 315 g/mol. The van der Waals surface area contributed by atoms with Gasteiger partial charge in [0, 0.05) is 22.8 Å². The van der Waals surface area contributed by atoms with Crippen molar-refractivity contribution in [3.8, 4) is 22.4 Å². The van der Waals surface area contributed by atoms with Crippen molar-refractivity contribution >= 4 is 28.8 Å². The summed E-state index contributed by atoms with van der Waals surface area (Å²) >= 11 is 5.15. The number of benzene rings is 1. The number of imidazole rings is 1. The molecule has 4 heteroatoms. The van der Waals surface area contributed by atoms with E-state index in [2.05, 4.69) is 69.0 Å². The highest BCUT2D eigenvalue weighted by molar-refractivity contribution is 7.71. The minimum absolute atomic E-state index is 0.645. The summed E-state index contributed by atoms with van der Waals surface area (Å²) in [6.45, 7) is 0. The van der Waals surface area contributed by atoms with E-state index in [4.69, 9.17) is 12.2 Å². The van der Waals surface area contributed by atoms with Gasteiger partial charge in [-0.1, -0.05) is 30.3 Å². The zero-order valence-electron chi connectivity index (χ0n) is 12.2. The molecule has 4 heterocycles.